The Morgan fingerprint density at radius 2 is 1.12 bits per heavy atom. The van der Waals surface area contributed by atoms with Crippen LogP contribution in [0.3, 0.4) is 0 Å². The van der Waals surface area contributed by atoms with Gasteiger partial charge in [0.25, 0.3) is 0 Å². The van der Waals surface area contributed by atoms with Crippen molar-refractivity contribution in [2.45, 2.75) is 65.1 Å². The van der Waals surface area contributed by atoms with E-state index in [0.29, 0.717) is 0 Å². The molecule has 0 bridgehead atoms. The fraction of sp³-hybridized carbons (Fsp3) is 1.00. The minimum absolute atomic E-state index is 0.0564. The molecule has 0 aromatic carbocycles. The van der Waals surface area contributed by atoms with Crippen LogP contribution in [0.25, 0.3) is 0 Å². The molecule has 0 aliphatic heterocycles. The van der Waals surface area contributed by atoms with Gasteiger partial charge < -0.3 is 0 Å². The summed E-state index contributed by atoms with van der Waals surface area (Å²) in [6, 6.07) is 0. The summed E-state index contributed by atoms with van der Waals surface area (Å²) in [6.07, 6.45) is 0.225. The largest absolute Gasteiger partial charge is 0.324 e. The molecule has 16 heavy (non-hydrogen) atoms. The van der Waals surface area contributed by atoms with Crippen molar-refractivity contribution in [1.29, 1.82) is 0 Å². The van der Waals surface area contributed by atoms with E-state index >= 15 is 0 Å². The molecule has 0 N–H and O–H groups in total. The van der Waals surface area contributed by atoms with Crippen LogP contribution in [0.4, 0.5) is 8.78 Å². The van der Waals surface area contributed by atoms with Crippen LogP contribution in [0.1, 0.15) is 53.4 Å². The van der Waals surface area contributed by atoms with Gasteiger partial charge in [-0.2, -0.15) is 0 Å². The highest BCUT2D eigenvalue weighted by Gasteiger charge is 2.34. The molecule has 0 heterocycles. The van der Waals surface area contributed by atoms with E-state index in [1.165, 1.54) is 0 Å². The number of hydrogen-bond acceptors (Lipinski definition) is 3. The lowest BCUT2D eigenvalue weighted by atomic mass is 10.2. The quantitative estimate of drug-likeness (QED) is 0.606. The normalized spacial score (nSPS) is 13.4. The van der Waals surface area contributed by atoms with Crippen LogP contribution in [0.15, 0.2) is 0 Å². The maximum atomic E-state index is 13.7. The van der Waals surface area contributed by atoms with Crippen molar-refractivity contribution in [2.75, 3.05) is 0 Å². The first kappa shape index (κ1) is 16.0. The average Bonchev–Trinajstić information content (AvgIpc) is 2.28. The van der Waals surface area contributed by atoms with Crippen molar-refractivity contribution in [1.82, 2.24) is 0 Å². The lowest BCUT2D eigenvalue weighted by Crippen LogP contribution is -2.25. The molecule has 0 saturated carbocycles. The molecule has 0 unspecified atom stereocenters. The molecular formula is C10H21F2O3P. The lowest BCUT2D eigenvalue weighted by Gasteiger charge is -2.26. The third-order valence-electron chi connectivity index (χ3n) is 2.64. The number of alkyl halides is 2. The Labute approximate surface area is 96.5 Å². The molecule has 0 aromatic rings. The van der Waals surface area contributed by atoms with Gasteiger partial charge in [-0.15, -0.1) is 0 Å². The molecule has 0 aromatic heterocycles. The number of hydrogen-bond donors (Lipinski definition) is 0. The van der Waals surface area contributed by atoms with E-state index in [2.05, 4.69) is 9.05 Å². The second-order valence-corrected chi connectivity index (χ2v) is 4.54. The molecule has 0 rings (SSSR count). The monoisotopic (exact) mass is 258 g/mol. The van der Waals surface area contributed by atoms with Crippen molar-refractivity contribution >= 4 is 8.25 Å². The SMILES string of the molecule is CCC(F)(CC)O[PH](=O)OC(F)(CC)CC. The zero-order valence-electron chi connectivity index (χ0n) is 10.3. The summed E-state index contributed by atoms with van der Waals surface area (Å²) in [5.74, 6) is -3.98. The van der Waals surface area contributed by atoms with Gasteiger partial charge in [0.2, 0.25) is 11.7 Å². The summed E-state index contributed by atoms with van der Waals surface area (Å²) in [4.78, 5) is 0. The van der Waals surface area contributed by atoms with E-state index in [1.54, 1.807) is 27.7 Å². The van der Waals surface area contributed by atoms with Crippen LogP contribution >= 0.6 is 8.25 Å². The fourth-order valence-corrected chi connectivity index (χ4v) is 2.32. The highest BCUT2D eigenvalue weighted by atomic mass is 31.1. The second-order valence-electron chi connectivity index (χ2n) is 3.63. The van der Waals surface area contributed by atoms with E-state index in [9.17, 15) is 13.3 Å². The molecule has 0 radical (unpaired) electrons. The van der Waals surface area contributed by atoms with Crippen LogP contribution in [-0.2, 0) is 13.6 Å². The van der Waals surface area contributed by atoms with E-state index in [0.717, 1.165) is 0 Å². The zero-order chi connectivity index (χ0) is 12.8. The topological polar surface area (TPSA) is 35.5 Å². The van der Waals surface area contributed by atoms with Crippen molar-refractivity contribution in [3.63, 3.8) is 0 Å². The van der Waals surface area contributed by atoms with Crippen molar-refractivity contribution in [3.05, 3.63) is 0 Å². The maximum absolute atomic E-state index is 13.7. The summed E-state index contributed by atoms with van der Waals surface area (Å²) in [6.45, 7) is 6.28. The fourth-order valence-electron chi connectivity index (χ4n) is 1.11. The lowest BCUT2D eigenvalue weighted by molar-refractivity contribution is -0.111. The predicted octanol–water partition coefficient (Wildman–Crippen LogP) is 4.38. The van der Waals surface area contributed by atoms with E-state index < -0.39 is 20.0 Å². The minimum atomic E-state index is -3.15. The summed E-state index contributed by atoms with van der Waals surface area (Å²) in [5.41, 5.74) is 0. The van der Waals surface area contributed by atoms with Crippen molar-refractivity contribution in [2.24, 2.45) is 0 Å². The minimum Gasteiger partial charge on any atom is -0.272 e. The zero-order valence-corrected chi connectivity index (χ0v) is 11.3. The molecule has 0 amide bonds. The standard InChI is InChI=1S/C10H21F2O3P/c1-5-9(11,6-2)14-16(13)15-10(12,7-3)8-4/h16H,5-8H2,1-4H3. The molecule has 0 spiro atoms. The molecule has 0 saturated heterocycles. The van der Waals surface area contributed by atoms with E-state index in [-0.39, 0.29) is 25.7 Å². The molecule has 0 aliphatic carbocycles. The highest BCUT2D eigenvalue weighted by molar-refractivity contribution is 7.33. The Morgan fingerprint density at radius 3 is 1.31 bits per heavy atom. The van der Waals surface area contributed by atoms with Gasteiger partial charge in [0.15, 0.2) is 0 Å². The predicted molar refractivity (Wildman–Crippen MR) is 60.0 cm³/mol. The molecule has 0 aliphatic rings. The molecular weight excluding hydrogens is 237 g/mol. The third kappa shape index (κ3) is 4.89. The van der Waals surface area contributed by atoms with Gasteiger partial charge in [0.1, 0.15) is 0 Å². The first-order valence-electron chi connectivity index (χ1n) is 5.64. The summed E-state index contributed by atoms with van der Waals surface area (Å²) >= 11 is 0. The smallest absolute Gasteiger partial charge is 0.272 e. The molecule has 98 valence electrons. The van der Waals surface area contributed by atoms with Crippen LogP contribution in [-0.4, -0.2) is 11.7 Å². The molecule has 3 nitrogen and oxygen atoms in total. The van der Waals surface area contributed by atoms with Gasteiger partial charge in [-0.05, 0) is 0 Å². The van der Waals surface area contributed by atoms with Gasteiger partial charge in [-0.3, -0.25) is 13.6 Å². The summed E-state index contributed by atoms with van der Waals surface area (Å²) in [7, 11) is -3.15. The van der Waals surface area contributed by atoms with Gasteiger partial charge in [-0.25, -0.2) is 8.78 Å². The Bertz CT molecular complexity index is 206. The van der Waals surface area contributed by atoms with Crippen molar-refractivity contribution < 1.29 is 22.4 Å². The number of halogens is 2. The Kier molecular flexibility index (Phi) is 6.68. The second kappa shape index (κ2) is 6.67. The Morgan fingerprint density at radius 1 is 0.875 bits per heavy atom. The summed E-state index contributed by atoms with van der Waals surface area (Å²) in [5, 5.41) is 0. The molecule has 0 fully saturated rings. The third-order valence-corrected chi connectivity index (χ3v) is 3.71. The van der Waals surface area contributed by atoms with E-state index in [1.807, 2.05) is 0 Å². The van der Waals surface area contributed by atoms with Gasteiger partial charge >= 0.3 is 8.25 Å². The average molecular weight is 258 g/mol. The summed E-state index contributed by atoms with van der Waals surface area (Å²) < 4.78 is 48.0. The van der Waals surface area contributed by atoms with Crippen LogP contribution in [0.5, 0.6) is 0 Å². The van der Waals surface area contributed by atoms with Crippen LogP contribution in [0.2, 0.25) is 0 Å². The van der Waals surface area contributed by atoms with E-state index in [4.69, 9.17) is 0 Å². The van der Waals surface area contributed by atoms with Crippen LogP contribution in [0, 0.1) is 0 Å². The first-order valence-corrected chi connectivity index (χ1v) is 6.87. The Balaban J connectivity index is 4.38. The molecule has 0 atom stereocenters. The molecule has 6 heteroatoms. The van der Waals surface area contributed by atoms with Gasteiger partial charge in [0, 0.05) is 25.7 Å². The first-order chi connectivity index (χ1) is 7.34. The maximum Gasteiger partial charge on any atom is 0.324 e. The van der Waals surface area contributed by atoms with Crippen LogP contribution < -0.4 is 0 Å². The Hall–Kier alpha value is 0.01000. The number of rotatable bonds is 8. The van der Waals surface area contributed by atoms with Crippen molar-refractivity contribution in [3.8, 4) is 0 Å². The van der Waals surface area contributed by atoms with Gasteiger partial charge in [-0.1, -0.05) is 27.7 Å². The van der Waals surface area contributed by atoms with Gasteiger partial charge in [0.05, 0.1) is 0 Å². The highest BCUT2D eigenvalue weighted by Crippen LogP contribution is 2.42.